The molecule has 5 nitrogen and oxygen atoms in total. The molecule has 2 aromatic carbocycles. The maximum absolute atomic E-state index is 12.3. The predicted octanol–water partition coefficient (Wildman–Crippen LogP) is 4.98. The summed E-state index contributed by atoms with van der Waals surface area (Å²) in [4.78, 5) is 27.5. The van der Waals surface area contributed by atoms with Gasteiger partial charge in [-0.2, -0.15) is 0 Å². The number of esters is 1. The van der Waals surface area contributed by atoms with Gasteiger partial charge in [0.15, 0.2) is 6.54 Å². The van der Waals surface area contributed by atoms with Crippen molar-refractivity contribution in [1.82, 2.24) is 9.80 Å². The van der Waals surface area contributed by atoms with Crippen LogP contribution in [0.2, 0.25) is 0 Å². The van der Waals surface area contributed by atoms with Crippen molar-refractivity contribution in [2.75, 3.05) is 20.2 Å². The number of hydrogen-bond acceptors (Lipinski definition) is 4. The van der Waals surface area contributed by atoms with E-state index in [9.17, 15) is 9.59 Å². The highest BCUT2D eigenvalue weighted by atomic mass is 16.5. The van der Waals surface area contributed by atoms with Gasteiger partial charge in [-0.05, 0) is 43.4 Å². The Kier molecular flexibility index (Phi) is 9.64. The summed E-state index contributed by atoms with van der Waals surface area (Å²) < 4.78 is 5.00. The quantitative estimate of drug-likeness (QED) is 0.291. The van der Waals surface area contributed by atoms with Crippen molar-refractivity contribution in [2.45, 2.75) is 71.0 Å². The molecule has 2 aromatic rings. The van der Waals surface area contributed by atoms with Gasteiger partial charge in [0.1, 0.15) is 6.04 Å². The Morgan fingerprint density at radius 1 is 0.939 bits per heavy atom. The Labute approximate surface area is 198 Å². The fourth-order valence-corrected chi connectivity index (χ4v) is 4.83. The third-order valence-corrected chi connectivity index (χ3v) is 6.63. The molecule has 0 N–H and O–H groups in total. The van der Waals surface area contributed by atoms with E-state index in [0.717, 1.165) is 45.2 Å². The van der Waals surface area contributed by atoms with Crippen LogP contribution in [0.1, 0.15) is 68.6 Å². The molecule has 0 bridgehead atoms. The molecule has 1 fully saturated rings. The highest BCUT2D eigenvalue weighted by molar-refractivity contribution is 5.76. The molecule has 177 valence electrons. The molecular weight excluding hydrogens is 412 g/mol. The summed E-state index contributed by atoms with van der Waals surface area (Å²) in [5.41, 5.74) is 3.90. The summed E-state index contributed by atoms with van der Waals surface area (Å²) in [6.07, 6.45) is 5.21. The minimum absolute atomic E-state index is 0.170. The lowest BCUT2D eigenvalue weighted by molar-refractivity contribution is -0.141. The fraction of sp³-hybridized carbons (Fsp3) is 0.500. The van der Waals surface area contributed by atoms with Gasteiger partial charge in [0.25, 0.3) is 0 Å². The number of rotatable bonds is 10. The molecule has 1 aliphatic rings. The summed E-state index contributed by atoms with van der Waals surface area (Å²) in [6, 6.07) is 19.6. The van der Waals surface area contributed by atoms with Crippen LogP contribution in [0.4, 0.5) is 0 Å². The Bertz CT molecular complexity index is 874. The number of benzene rings is 2. The first-order valence-corrected chi connectivity index (χ1v) is 12.1. The maximum atomic E-state index is 12.3. The molecule has 33 heavy (non-hydrogen) atoms. The van der Waals surface area contributed by atoms with Gasteiger partial charge >= 0.3 is 11.9 Å². The van der Waals surface area contributed by atoms with Crippen LogP contribution in [0.15, 0.2) is 54.6 Å². The molecule has 1 saturated carbocycles. The van der Waals surface area contributed by atoms with Gasteiger partial charge in [0.05, 0.1) is 13.5 Å². The highest BCUT2D eigenvalue weighted by Gasteiger charge is 2.36. The summed E-state index contributed by atoms with van der Waals surface area (Å²) in [7, 11) is 2.10. The minimum atomic E-state index is -0.215. The van der Waals surface area contributed by atoms with Crippen LogP contribution in [0.3, 0.4) is 0 Å². The van der Waals surface area contributed by atoms with Gasteiger partial charge in [0.2, 0.25) is 0 Å². The van der Waals surface area contributed by atoms with Gasteiger partial charge < -0.3 is 9.64 Å². The predicted molar refractivity (Wildman–Crippen MR) is 132 cm³/mol. The standard InChI is InChI=1S/C28H38N2O3/c1-22(31)30(21-24-8-5-4-6-9-24)28-16-14-27(15-17-28)26-12-10-25(11-13-26)20-29(3)18-7-19-33-23(2)32/h4-6,8-13,27-28H,7,14-21H2,1-3H3/q+1/t27-,28-. The van der Waals surface area contributed by atoms with Crippen LogP contribution in [0, 0.1) is 0 Å². The molecule has 0 atom stereocenters. The molecule has 0 unspecified atom stereocenters. The Morgan fingerprint density at radius 3 is 2.21 bits per heavy atom. The van der Waals surface area contributed by atoms with E-state index in [1.807, 2.05) is 18.2 Å². The van der Waals surface area contributed by atoms with E-state index in [4.69, 9.17) is 4.74 Å². The van der Waals surface area contributed by atoms with Crippen LogP contribution in [0.5, 0.6) is 0 Å². The number of ether oxygens (including phenoxy) is 1. The smallest absolute Gasteiger partial charge is 0.358 e. The summed E-state index contributed by atoms with van der Waals surface area (Å²) in [5, 5.41) is 0. The van der Waals surface area contributed by atoms with E-state index in [1.165, 1.54) is 23.6 Å². The lowest BCUT2D eigenvalue weighted by atomic mass is 9.81. The number of amides is 1. The molecule has 0 spiro atoms. The third kappa shape index (κ3) is 8.09. The second kappa shape index (κ2) is 12.7. The van der Waals surface area contributed by atoms with E-state index in [2.05, 4.69) is 53.2 Å². The summed E-state index contributed by atoms with van der Waals surface area (Å²) in [5.74, 6) is 0.526. The van der Waals surface area contributed by atoms with Gasteiger partial charge in [0, 0.05) is 38.4 Å². The highest BCUT2D eigenvalue weighted by Crippen LogP contribution is 2.34. The normalized spacial score (nSPS) is 18.5. The zero-order valence-corrected chi connectivity index (χ0v) is 20.3. The first kappa shape index (κ1) is 25.1. The van der Waals surface area contributed by atoms with Crippen molar-refractivity contribution in [3.05, 3.63) is 71.3 Å². The number of carbonyl (C=O) groups excluding carboxylic acids is 2. The second-order valence-corrected chi connectivity index (χ2v) is 9.31. The molecule has 5 heteroatoms. The van der Waals surface area contributed by atoms with E-state index in [1.54, 1.807) is 6.92 Å². The Balaban J connectivity index is 1.47. The number of nitrogens with zero attached hydrogens (tertiary/aromatic N) is 2. The maximum Gasteiger partial charge on any atom is 0.358 e. The van der Waals surface area contributed by atoms with E-state index in [-0.39, 0.29) is 11.9 Å². The van der Waals surface area contributed by atoms with E-state index in [0.29, 0.717) is 25.1 Å². The topological polar surface area (TPSA) is 52.5 Å². The van der Waals surface area contributed by atoms with E-state index < -0.39 is 0 Å². The zero-order chi connectivity index (χ0) is 23.6. The van der Waals surface area contributed by atoms with Crippen LogP contribution < -0.4 is 4.90 Å². The summed E-state index contributed by atoms with van der Waals surface area (Å²) >= 11 is 0. The molecule has 0 heterocycles. The molecule has 0 saturated heterocycles. The van der Waals surface area contributed by atoms with Gasteiger partial charge in [-0.3, -0.25) is 4.79 Å². The molecule has 0 aliphatic heterocycles. The lowest BCUT2D eigenvalue weighted by Crippen LogP contribution is -2.45. The van der Waals surface area contributed by atoms with Crippen LogP contribution in [0.25, 0.3) is 0 Å². The van der Waals surface area contributed by atoms with Crippen molar-refractivity contribution < 1.29 is 14.3 Å². The molecule has 0 aromatic heterocycles. The average molecular weight is 451 g/mol. The Morgan fingerprint density at radius 2 is 1.61 bits per heavy atom. The molecule has 1 aliphatic carbocycles. The largest absolute Gasteiger partial charge is 0.466 e. The first-order valence-electron chi connectivity index (χ1n) is 12.1. The SMILES string of the molecule is CC(=O)OCCCN(C)Cc1ccc([C@H]2CC[C@H]([N+](Cc3ccccc3)C(C)=O)CC2)cc1. The van der Waals surface area contributed by atoms with Crippen LogP contribution in [-0.2, 0) is 27.4 Å². The van der Waals surface area contributed by atoms with Crippen molar-refractivity contribution >= 4 is 11.9 Å². The molecular formula is C28H38N2O3+. The second-order valence-electron chi connectivity index (χ2n) is 9.31. The monoisotopic (exact) mass is 450 g/mol. The average Bonchev–Trinajstić information content (AvgIpc) is 2.81. The van der Waals surface area contributed by atoms with Crippen LogP contribution in [-0.4, -0.2) is 43.0 Å². The first-order chi connectivity index (χ1) is 15.9. The fourth-order valence-electron chi connectivity index (χ4n) is 4.83. The molecule has 3 rings (SSSR count). The summed E-state index contributed by atoms with van der Waals surface area (Å²) in [6.45, 7) is 6.11. The van der Waals surface area contributed by atoms with Gasteiger partial charge in [-0.15, -0.1) is 0 Å². The lowest BCUT2D eigenvalue weighted by Gasteiger charge is -2.29. The third-order valence-electron chi connectivity index (χ3n) is 6.63. The van der Waals surface area contributed by atoms with Crippen molar-refractivity contribution in [1.29, 1.82) is 0 Å². The molecule has 1 amide bonds. The Hall–Kier alpha value is -2.50. The van der Waals surface area contributed by atoms with Gasteiger partial charge in [-0.25, -0.2) is 4.79 Å². The number of carbonyl (C=O) groups is 2. The number of hydrogen-bond donors (Lipinski definition) is 0. The minimum Gasteiger partial charge on any atom is -0.466 e. The zero-order valence-electron chi connectivity index (χ0n) is 20.3. The van der Waals surface area contributed by atoms with Crippen molar-refractivity contribution in [2.24, 2.45) is 0 Å². The molecule has 1 radical (unpaired) electrons. The van der Waals surface area contributed by atoms with Crippen molar-refractivity contribution in [3.8, 4) is 0 Å². The van der Waals surface area contributed by atoms with Crippen LogP contribution >= 0.6 is 0 Å². The van der Waals surface area contributed by atoms with E-state index >= 15 is 0 Å². The van der Waals surface area contributed by atoms with Gasteiger partial charge in [-0.1, -0.05) is 59.5 Å². The van der Waals surface area contributed by atoms with Crippen molar-refractivity contribution in [3.63, 3.8) is 0 Å².